The molecule has 12 nitrogen and oxygen atoms in total. The number of nitrogens with two attached hydrogens (primary N) is 1. The fourth-order valence-electron chi connectivity index (χ4n) is 8.16. The summed E-state index contributed by atoms with van der Waals surface area (Å²) in [5.74, 6) is -0.143. The molecule has 4 N–H and O–H groups in total. The maximum atomic E-state index is 14.1. The van der Waals surface area contributed by atoms with Crippen LogP contribution in [-0.4, -0.2) is 117 Å². The van der Waals surface area contributed by atoms with E-state index in [1.54, 1.807) is 11.2 Å². The van der Waals surface area contributed by atoms with Crippen LogP contribution < -0.4 is 11.1 Å². The molecule has 262 valence electrons. The molecule has 1 aromatic heterocycles. The zero-order valence-corrected chi connectivity index (χ0v) is 28.8. The number of carbonyl (C=O) groups excluding carboxylic acids is 3. The van der Waals surface area contributed by atoms with Crippen molar-refractivity contribution in [3.8, 4) is 0 Å². The third-order valence-corrected chi connectivity index (χ3v) is 11.3. The Morgan fingerprint density at radius 2 is 1.67 bits per heavy atom. The average Bonchev–Trinajstić information content (AvgIpc) is 3.51. The lowest BCUT2D eigenvalue weighted by Gasteiger charge is -2.44. The summed E-state index contributed by atoms with van der Waals surface area (Å²) in [6, 6.07) is 12.3. The van der Waals surface area contributed by atoms with Crippen molar-refractivity contribution in [3.05, 3.63) is 59.4 Å². The van der Waals surface area contributed by atoms with Crippen LogP contribution in [0.2, 0.25) is 0 Å². The monoisotopic (exact) mass is 670 g/mol. The number of H-pyrrole nitrogens is 1. The van der Waals surface area contributed by atoms with E-state index in [9.17, 15) is 14.4 Å². The second-order valence-corrected chi connectivity index (χ2v) is 14.8. The number of fused-ring (bicyclic) bond motifs is 2. The van der Waals surface area contributed by atoms with Crippen LogP contribution in [0.25, 0.3) is 11.0 Å². The van der Waals surface area contributed by atoms with Crippen LogP contribution in [0, 0.1) is 6.92 Å². The quantitative estimate of drug-likeness (QED) is 0.356. The molecule has 3 saturated heterocycles. The van der Waals surface area contributed by atoms with Gasteiger partial charge in [0.05, 0.1) is 17.4 Å². The molecule has 0 bridgehead atoms. The minimum Gasteiger partial charge on any atom is -0.436 e. The number of hydrogen-bond donors (Lipinski definition) is 3. The van der Waals surface area contributed by atoms with Crippen LogP contribution in [0.4, 0.5) is 15.3 Å². The number of aromatic amines is 1. The largest absolute Gasteiger partial charge is 0.436 e. The lowest BCUT2D eigenvalue weighted by atomic mass is 9.89. The highest BCUT2D eigenvalue weighted by Crippen LogP contribution is 2.28. The van der Waals surface area contributed by atoms with Gasteiger partial charge in [-0.05, 0) is 87.6 Å². The van der Waals surface area contributed by atoms with Gasteiger partial charge >= 0.3 is 12.1 Å². The Hall–Kier alpha value is -4.16. The molecule has 4 aliphatic rings. The van der Waals surface area contributed by atoms with Crippen molar-refractivity contribution in [3.63, 3.8) is 0 Å². The summed E-state index contributed by atoms with van der Waals surface area (Å²) in [6.45, 7) is 8.96. The maximum Gasteiger partial charge on any atom is 0.410 e. The zero-order valence-electron chi connectivity index (χ0n) is 28.8. The van der Waals surface area contributed by atoms with Crippen molar-refractivity contribution in [2.75, 3.05) is 51.1 Å². The first-order valence-electron chi connectivity index (χ1n) is 18.0. The van der Waals surface area contributed by atoms with Gasteiger partial charge in [0.1, 0.15) is 0 Å². The van der Waals surface area contributed by atoms with E-state index in [1.165, 1.54) is 0 Å². The van der Waals surface area contributed by atoms with Gasteiger partial charge in [0.25, 0.3) is 5.91 Å². The summed E-state index contributed by atoms with van der Waals surface area (Å²) in [6.07, 6.45) is 6.38. The Bertz CT molecular complexity index is 1660. The van der Waals surface area contributed by atoms with Crippen LogP contribution >= 0.6 is 0 Å². The highest BCUT2D eigenvalue weighted by Gasteiger charge is 2.37. The normalized spacial score (nSPS) is 21.6. The van der Waals surface area contributed by atoms with E-state index in [-0.39, 0.29) is 29.9 Å². The van der Waals surface area contributed by atoms with Crippen molar-refractivity contribution in [2.24, 2.45) is 5.73 Å². The first-order chi connectivity index (χ1) is 23.6. The second-order valence-electron chi connectivity index (χ2n) is 14.8. The fourth-order valence-corrected chi connectivity index (χ4v) is 8.16. The number of imidazole rings is 1. The van der Waals surface area contributed by atoms with Gasteiger partial charge in [0.2, 0.25) is 0 Å². The Morgan fingerprint density at radius 1 is 0.980 bits per heavy atom. The molecule has 0 radical (unpaired) electrons. The number of carbonyl (C=O) groups is 3. The van der Waals surface area contributed by atoms with E-state index in [1.807, 2.05) is 47.1 Å². The van der Waals surface area contributed by atoms with Crippen LogP contribution in [0.15, 0.2) is 42.7 Å². The second kappa shape index (κ2) is 14.0. The summed E-state index contributed by atoms with van der Waals surface area (Å²) in [4.78, 5) is 56.6. The molecule has 0 aliphatic carbocycles. The smallest absolute Gasteiger partial charge is 0.410 e. The number of nitrogens with zero attached hydrogens (tertiary/aromatic N) is 5. The molecule has 3 aromatic rings. The number of aryl methyl sites for hydroxylation is 1. The summed E-state index contributed by atoms with van der Waals surface area (Å²) in [5.41, 5.74) is 12.0. The maximum absolute atomic E-state index is 14.1. The number of benzene rings is 2. The predicted molar refractivity (Wildman–Crippen MR) is 188 cm³/mol. The standard InChI is InChI=1S/C37H50N8O4/c1-25-21-26(22-31-33(25)40-24-39-31)23-32(34(46)43-14-8-28(9-15-43)42-19-12-37(2,38)13-20-42)49-36(48)44-16-10-29(11-17-44)45-18-7-27-5-3-4-6-30(27)41-35(45)47/h3-6,21-22,24,28-29,32H,7-20,23,38H2,1-2H3,(H,39,40)(H,41,47)/t32-/m1/s1. The highest BCUT2D eigenvalue weighted by atomic mass is 16.6. The van der Waals surface area contributed by atoms with Crippen molar-refractivity contribution < 1.29 is 19.1 Å². The topological polar surface area (TPSA) is 140 Å². The summed E-state index contributed by atoms with van der Waals surface area (Å²) < 4.78 is 6.12. The van der Waals surface area contributed by atoms with E-state index in [4.69, 9.17) is 10.5 Å². The van der Waals surface area contributed by atoms with Gasteiger partial charge in [0.15, 0.2) is 6.10 Å². The van der Waals surface area contributed by atoms with Crippen LogP contribution in [0.5, 0.6) is 0 Å². The number of para-hydroxylation sites is 1. The Labute approximate surface area is 288 Å². The van der Waals surface area contributed by atoms with E-state index >= 15 is 0 Å². The van der Waals surface area contributed by atoms with Crippen LogP contribution in [0.3, 0.4) is 0 Å². The van der Waals surface area contributed by atoms with E-state index in [0.29, 0.717) is 51.6 Å². The molecule has 0 saturated carbocycles. The molecule has 1 atom stereocenters. The van der Waals surface area contributed by atoms with Gasteiger partial charge in [-0.25, -0.2) is 14.6 Å². The number of nitrogens with one attached hydrogen (secondary N) is 2. The molecule has 4 amide bonds. The first kappa shape index (κ1) is 33.3. The number of anilines is 1. The van der Waals surface area contributed by atoms with Crippen molar-refractivity contribution in [1.82, 2.24) is 29.6 Å². The van der Waals surface area contributed by atoms with Crippen molar-refractivity contribution >= 4 is 34.8 Å². The van der Waals surface area contributed by atoms with Crippen LogP contribution in [-0.2, 0) is 22.4 Å². The SMILES string of the molecule is Cc1cc(C[C@@H](OC(=O)N2CCC(N3CCc4ccccc4NC3=O)CC2)C(=O)N2CCC(N3CCC(C)(N)CC3)CC2)cc2nc[nH]c12. The van der Waals surface area contributed by atoms with Crippen LogP contribution in [0.1, 0.15) is 62.1 Å². The van der Waals surface area contributed by atoms with E-state index in [2.05, 4.69) is 33.2 Å². The summed E-state index contributed by atoms with van der Waals surface area (Å²) in [5, 5.41) is 3.06. The first-order valence-corrected chi connectivity index (χ1v) is 18.0. The Kier molecular flexibility index (Phi) is 9.52. The zero-order chi connectivity index (χ0) is 34.1. The van der Waals surface area contributed by atoms with Gasteiger partial charge in [-0.1, -0.05) is 24.3 Å². The number of aromatic nitrogens is 2. The molecule has 0 unspecified atom stereocenters. The van der Waals surface area contributed by atoms with E-state index < -0.39 is 12.2 Å². The molecule has 12 heteroatoms. The molecule has 0 spiro atoms. The summed E-state index contributed by atoms with van der Waals surface area (Å²) in [7, 11) is 0. The third kappa shape index (κ3) is 7.40. The molecule has 3 fully saturated rings. The number of amides is 4. The number of ether oxygens (including phenoxy) is 1. The minimum atomic E-state index is -0.944. The number of piperidine rings is 3. The van der Waals surface area contributed by atoms with E-state index in [0.717, 1.165) is 78.6 Å². The fraction of sp³-hybridized carbons (Fsp3) is 0.568. The number of rotatable bonds is 6. The van der Waals surface area contributed by atoms with Gasteiger partial charge in [-0.15, -0.1) is 0 Å². The minimum absolute atomic E-state index is 0.0270. The number of urea groups is 1. The van der Waals surface area contributed by atoms with Gasteiger partial charge in [-0.3, -0.25) is 4.79 Å². The highest BCUT2D eigenvalue weighted by molar-refractivity contribution is 5.91. The molecular formula is C37H50N8O4. The van der Waals surface area contributed by atoms with Crippen molar-refractivity contribution in [1.29, 1.82) is 0 Å². The van der Waals surface area contributed by atoms with Gasteiger partial charge < -0.3 is 40.4 Å². The molecule has 5 heterocycles. The Balaban J connectivity index is 0.993. The molecule has 4 aliphatic heterocycles. The number of hydrogen-bond acceptors (Lipinski definition) is 7. The van der Waals surface area contributed by atoms with Crippen molar-refractivity contribution in [2.45, 2.75) is 88.9 Å². The molecule has 2 aromatic carbocycles. The predicted octanol–water partition coefficient (Wildman–Crippen LogP) is 4.28. The average molecular weight is 671 g/mol. The van der Waals surface area contributed by atoms with Gasteiger partial charge in [0, 0.05) is 75.5 Å². The molecular weight excluding hydrogens is 620 g/mol. The van der Waals surface area contributed by atoms with Gasteiger partial charge in [-0.2, -0.15) is 0 Å². The molecule has 49 heavy (non-hydrogen) atoms. The molecule has 7 rings (SSSR count). The lowest BCUT2D eigenvalue weighted by molar-refractivity contribution is -0.142. The number of likely N-dealkylation sites (tertiary alicyclic amines) is 3. The third-order valence-electron chi connectivity index (χ3n) is 11.3. The Morgan fingerprint density at radius 3 is 2.43 bits per heavy atom. The lowest BCUT2D eigenvalue weighted by Crippen LogP contribution is -2.55. The summed E-state index contributed by atoms with van der Waals surface area (Å²) >= 11 is 0.